The van der Waals surface area contributed by atoms with Crippen molar-refractivity contribution in [1.29, 1.82) is 0 Å². The van der Waals surface area contributed by atoms with Crippen LogP contribution in [0.25, 0.3) is 10.8 Å². The second kappa shape index (κ2) is 9.00. The van der Waals surface area contributed by atoms with Gasteiger partial charge in [-0.05, 0) is 12.0 Å². The minimum Gasteiger partial charge on any atom is -0.453 e. The number of nitrogens with zero attached hydrogens (tertiary/aromatic N) is 5. The van der Waals surface area contributed by atoms with Crippen LogP contribution < -0.4 is 17.0 Å². The van der Waals surface area contributed by atoms with Crippen LogP contribution in [0.3, 0.4) is 0 Å². The molecule has 0 aliphatic rings. The summed E-state index contributed by atoms with van der Waals surface area (Å²) in [7, 11) is 1.26. The van der Waals surface area contributed by atoms with Gasteiger partial charge in [-0.3, -0.25) is 18.7 Å². The van der Waals surface area contributed by atoms with Crippen LogP contribution in [-0.4, -0.2) is 42.4 Å². The molecule has 0 amide bonds. The molecule has 0 unspecified atom stereocenters. The van der Waals surface area contributed by atoms with E-state index in [1.54, 1.807) is 18.5 Å². The molecule has 0 aliphatic heterocycles. The number of ether oxygens (including phenoxy) is 1. The van der Waals surface area contributed by atoms with Crippen LogP contribution in [0, 0.1) is 5.92 Å². The fourth-order valence-electron chi connectivity index (χ4n) is 2.74. The van der Waals surface area contributed by atoms with E-state index in [-0.39, 0.29) is 24.0 Å². The van der Waals surface area contributed by atoms with Crippen LogP contribution in [0.1, 0.15) is 34.7 Å². The molecule has 0 bridgehead atoms. The Kier molecular flexibility index (Phi) is 6.39. The maximum atomic E-state index is 12.6. The molecule has 3 aromatic rings. The van der Waals surface area contributed by atoms with Crippen LogP contribution in [0.5, 0.6) is 0 Å². The molecule has 0 atom stereocenters. The molecule has 0 aromatic carbocycles. The van der Waals surface area contributed by atoms with Gasteiger partial charge in [0, 0.05) is 31.4 Å². The van der Waals surface area contributed by atoms with Crippen molar-refractivity contribution in [1.82, 2.24) is 24.1 Å². The van der Waals surface area contributed by atoms with Crippen LogP contribution in [0.15, 0.2) is 33.4 Å². The van der Waals surface area contributed by atoms with Crippen LogP contribution >= 0.6 is 11.3 Å². The van der Waals surface area contributed by atoms with E-state index in [2.05, 4.69) is 15.0 Å². The first-order valence-electron chi connectivity index (χ1n) is 9.23. The Morgan fingerprint density at radius 2 is 1.90 bits per heavy atom. The van der Waals surface area contributed by atoms with Crippen LogP contribution in [-0.2, 0) is 18.3 Å². The van der Waals surface area contributed by atoms with E-state index in [0.29, 0.717) is 10.8 Å². The number of hydrogen-bond acceptors (Lipinski definition) is 10. The lowest BCUT2D eigenvalue weighted by atomic mass is 10.1. The number of carbonyl (C=O) groups is 2. The average molecular weight is 444 g/mol. The SMILES string of the molecule is CC(C)Cn1c(N)c(C(=O)COC(=O)c2csc(-c3ncccn3)n2)c(=O)n(C)c1=O. The molecule has 0 saturated heterocycles. The number of rotatable bonds is 7. The minimum absolute atomic E-state index is 0.0223. The molecule has 0 fully saturated rings. The quantitative estimate of drug-likeness (QED) is 0.411. The highest BCUT2D eigenvalue weighted by atomic mass is 32.1. The van der Waals surface area contributed by atoms with Gasteiger partial charge in [0.05, 0.1) is 0 Å². The molecule has 0 saturated carbocycles. The Labute approximate surface area is 180 Å². The largest absolute Gasteiger partial charge is 0.453 e. The predicted octanol–water partition coefficient (Wildman–Crippen LogP) is 0.738. The smallest absolute Gasteiger partial charge is 0.358 e. The lowest BCUT2D eigenvalue weighted by molar-refractivity contribution is 0.0469. The zero-order valence-corrected chi connectivity index (χ0v) is 17.9. The summed E-state index contributed by atoms with van der Waals surface area (Å²) in [4.78, 5) is 61.9. The lowest BCUT2D eigenvalue weighted by Crippen LogP contribution is -2.43. The molecule has 3 heterocycles. The summed E-state index contributed by atoms with van der Waals surface area (Å²) in [6.45, 7) is 3.22. The van der Waals surface area contributed by atoms with Crippen molar-refractivity contribution in [2.24, 2.45) is 13.0 Å². The van der Waals surface area contributed by atoms with Crippen molar-refractivity contribution in [3.63, 3.8) is 0 Å². The molecular weight excluding hydrogens is 424 g/mol. The molecule has 2 N–H and O–H groups in total. The average Bonchev–Trinajstić information content (AvgIpc) is 3.24. The van der Waals surface area contributed by atoms with E-state index < -0.39 is 35.2 Å². The Morgan fingerprint density at radius 3 is 2.55 bits per heavy atom. The topological polar surface area (TPSA) is 152 Å². The number of hydrogen-bond donors (Lipinski definition) is 1. The van der Waals surface area contributed by atoms with Gasteiger partial charge in [0.2, 0.25) is 5.78 Å². The first kappa shape index (κ1) is 22.0. The van der Waals surface area contributed by atoms with Crippen molar-refractivity contribution >= 4 is 28.9 Å². The van der Waals surface area contributed by atoms with Crippen molar-refractivity contribution in [2.45, 2.75) is 20.4 Å². The maximum absolute atomic E-state index is 12.6. The number of anilines is 1. The minimum atomic E-state index is -0.849. The zero-order valence-electron chi connectivity index (χ0n) is 17.1. The first-order valence-corrected chi connectivity index (χ1v) is 10.1. The van der Waals surface area contributed by atoms with E-state index in [1.807, 2.05) is 13.8 Å². The molecule has 12 heteroatoms. The molecule has 0 radical (unpaired) electrons. The van der Waals surface area contributed by atoms with E-state index in [1.165, 1.54) is 12.4 Å². The number of nitrogen functional groups attached to an aromatic ring is 1. The third kappa shape index (κ3) is 4.58. The highest BCUT2D eigenvalue weighted by molar-refractivity contribution is 7.13. The molecular formula is C19H20N6O5S. The Hall–Kier alpha value is -3.67. The van der Waals surface area contributed by atoms with Crippen molar-refractivity contribution < 1.29 is 14.3 Å². The Morgan fingerprint density at radius 1 is 1.23 bits per heavy atom. The predicted molar refractivity (Wildman–Crippen MR) is 113 cm³/mol. The van der Waals surface area contributed by atoms with E-state index in [0.717, 1.165) is 20.5 Å². The fourth-order valence-corrected chi connectivity index (χ4v) is 3.48. The molecule has 0 aliphatic carbocycles. The lowest BCUT2D eigenvalue weighted by Gasteiger charge is -2.16. The summed E-state index contributed by atoms with van der Waals surface area (Å²) in [5.41, 5.74) is 4.06. The molecule has 0 spiro atoms. The molecule has 11 nitrogen and oxygen atoms in total. The van der Waals surface area contributed by atoms with Gasteiger partial charge in [-0.25, -0.2) is 24.5 Å². The number of Topliss-reactive ketones (excluding diaryl/α,β-unsaturated/α-hetero) is 1. The second-order valence-electron chi connectivity index (χ2n) is 7.02. The number of nitrogens with two attached hydrogens (primary N) is 1. The zero-order chi connectivity index (χ0) is 22.7. The highest BCUT2D eigenvalue weighted by Crippen LogP contribution is 2.20. The number of thiazole rings is 1. The van der Waals surface area contributed by atoms with Crippen molar-refractivity contribution in [2.75, 3.05) is 12.3 Å². The summed E-state index contributed by atoms with van der Waals surface area (Å²) in [5, 5.41) is 1.87. The molecule has 3 aromatic heterocycles. The summed E-state index contributed by atoms with van der Waals surface area (Å²) in [6.07, 6.45) is 3.09. The van der Waals surface area contributed by atoms with Gasteiger partial charge in [-0.15, -0.1) is 11.3 Å². The standard InChI is InChI=1S/C19H20N6O5S/c1-10(2)7-25-14(20)13(17(27)24(3)19(25)29)12(26)8-30-18(28)11-9-31-16(23-11)15-21-5-4-6-22-15/h4-6,9-10H,7-8,20H2,1-3H3. The fraction of sp³-hybridized carbons (Fsp3) is 0.316. The van der Waals surface area contributed by atoms with E-state index in [9.17, 15) is 19.2 Å². The van der Waals surface area contributed by atoms with Gasteiger partial charge in [-0.1, -0.05) is 13.8 Å². The summed E-state index contributed by atoms with van der Waals surface area (Å²) >= 11 is 1.14. The maximum Gasteiger partial charge on any atom is 0.358 e. The molecule has 162 valence electrons. The van der Waals surface area contributed by atoms with Crippen molar-refractivity contribution in [3.05, 3.63) is 55.9 Å². The monoisotopic (exact) mass is 444 g/mol. The van der Waals surface area contributed by atoms with E-state index in [4.69, 9.17) is 10.5 Å². The van der Waals surface area contributed by atoms with Gasteiger partial charge in [0.1, 0.15) is 11.4 Å². The van der Waals surface area contributed by atoms with Gasteiger partial charge < -0.3 is 10.5 Å². The first-order chi connectivity index (χ1) is 14.7. The highest BCUT2D eigenvalue weighted by Gasteiger charge is 2.24. The third-order valence-corrected chi connectivity index (χ3v) is 5.05. The van der Waals surface area contributed by atoms with Crippen LogP contribution in [0.2, 0.25) is 0 Å². The molecule has 31 heavy (non-hydrogen) atoms. The third-order valence-electron chi connectivity index (χ3n) is 4.21. The second-order valence-corrected chi connectivity index (χ2v) is 7.88. The number of ketones is 1. The Balaban J connectivity index is 1.79. The summed E-state index contributed by atoms with van der Waals surface area (Å²) < 4.78 is 6.98. The Bertz CT molecular complexity index is 1240. The van der Waals surface area contributed by atoms with Gasteiger partial charge >= 0.3 is 11.7 Å². The summed E-state index contributed by atoms with van der Waals surface area (Å²) in [6, 6.07) is 1.65. The van der Waals surface area contributed by atoms with Gasteiger partial charge in [0.15, 0.2) is 23.1 Å². The summed E-state index contributed by atoms with van der Waals surface area (Å²) in [5.74, 6) is -1.51. The number of esters is 1. The van der Waals surface area contributed by atoms with E-state index >= 15 is 0 Å². The van der Waals surface area contributed by atoms with Gasteiger partial charge in [-0.2, -0.15) is 0 Å². The van der Waals surface area contributed by atoms with Gasteiger partial charge in [0.25, 0.3) is 5.56 Å². The normalized spacial score (nSPS) is 11.0. The number of aromatic nitrogens is 5. The van der Waals surface area contributed by atoms with Crippen LogP contribution in [0.4, 0.5) is 5.82 Å². The van der Waals surface area contributed by atoms with Crippen molar-refractivity contribution in [3.8, 4) is 10.8 Å². The number of carbonyl (C=O) groups excluding carboxylic acids is 2. The molecule has 3 rings (SSSR count).